The monoisotopic (exact) mass is 701 g/mol. The highest BCUT2D eigenvalue weighted by Gasteiger charge is 2.27. The van der Waals surface area contributed by atoms with Gasteiger partial charge in [0.2, 0.25) is 0 Å². The Kier molecular flexibility index (Phi) is 18.7. The first kappa shape index (κ1) is 44.3. The second-order valence-corrected chi connectivity index (χ2v) is 13.7. The molecule has 8 nitrogen and oxygen atoms in total. The SMILES string of the molecule is C=C(C)C(=O)OCCOC(=O)C(C)(C)CC.CCC(C)(C)C(=O)O.CCC(C)c1ccccc1.CCn1c2ccccc2c(=O)c2ccccc21. The Morgan fingerprint density at radius 2 is 1.20 bits per heavy atom. The first-order valence-electron chi connectivity index (χ1n) is 17.8. The minimum Gasteiger partial charge on any atom is -0.481 e. The third kappa shape index (κ3) is 13.8. The zero-order valence-electron chi connectivity index (χ0n) is 32.4. The van der Waals surface area contributed by atoms with E-state index in [9.17, 15) is 19.2 Å². The Bertz CT molecular complexity index is 1710. The van der Waals surface area contributed by atoms with Gasteiger partial charge in [0.15, 0.2) is 5.43 Å². The smallest absolute Gasteiger partial charge is 0.333 e. The van der Waals surface area contributed by atoms with E-state index in [1.807, 2.05) is 76.2 Å². The topological polar surface area (TPSA) is 112 Å². The second-order valence-electron chi connectivity index (χ2n) is 13.7. The van der Waals surface area contributed by atoms with Crippen LogP contribution in [0.4, 0.5) is 0 Å². The number of aliphatic carboxylic acids is 1. The van der Waals surface area contributed by atoms with Crippen molar-refractivity contribution in [1.82, 2.24) is 4.57 Å². The van der Waals surface area contributed by atoms with Crippen molar-refractivity contribution >= 4 is 39.7 Å². The summed E-state index contributed by atoms with van der Waals surface area (Å²) in [4.78, 5) is 45.1. The number of aryl methyl sites for hydroxylation is 1. The lowest BCUT2D eigenvalue weighted by Crippen LogP contribution is -2.27. The van der Waals surface area contributed by atoms with Crippen molar-refractivity contribution in [3.63, 3.8) is 0 Å². The Balaban J connectivity index is 0.000000355. The first-order valence-corrected chi connectivity index (χ1v) is 17.8. The fourth-order valence-corrected chi connectivity index (χ4v) is 4.32. The van der Waals surface area contributed by atoms with Gasteiger partial charge in [0.1, 0.15) is 13.2 Å². The van der Waals surface area contributed by atoms with Gasteiger partial charge in [-0.3, -0.25) is 14.4 Å². The maximum Gasteiger partial charge on any atom is 0.333 e. The largest absolute Gasteiger partial charge is 0.481 e. The van der Waals surface area contributed by atoms with Gasteiger partial charge >= 0.3 is 17.9 Å². The maximum absolute atomic E-state index is 12.3. The highest BCUT2D eigenvalue weighted by Crippen LogP contribution is 2.22. The molecule has 0 bridgehead atoms. The number of hydrogen-bond donors (Lipinski definition) is 1. The van der Waals surface area contributed by atoms with E-state index in [0.717, 1.165) is 28.4 Å². The number of carboxylic acids is 1. The lowest BCUT2D eigenvalue weighted by Gasteiger charge is -2.20. The van der Waals surface area contributed by atoms with Gasteiger partial charge in [0, 0.05) is 22.9 Å². The van der Waals surface area contributed by atoms with Crippen molar-refractivity contribution < 1.29 is 29.0 Å². The molecule has 1 N–H and O–H groups in total. The summed E-state index contributed by atoms with van der Waals surface area (Å²) in [7, 11) is 0. The molecule has 1 aromatic heterocycles. The Morgan fingerprint density at radius 1 is 0.745 bits per heavy atom. The molecule has 0 saturated carbocycles. The number of ether oxygens (including phenoxy) is 2. The van der Waals surface area contributed by atoms with Crippen LogP contribution in [-0.2, 0) is 30.4 Å². The summed E-state index contributed by atoms with van der Waals surface area (Å²) in [6.45, 7) is 23.4. The summed E-state index contributed by atoms with van der Waals surface area (Å²) in [6, 6.07) is 26.2. The fraction of sp³-hybridized carbons (Fsp3) is 0.442. The van der Waals surface area contributed by atoms with Crippen LogP contribution in [0.15, 0.2) is 95.8 Å². The number of hydrogen-bond acceptors (Lipinski definition) is 6. The molecule has 3 aromatic carbocycles. The molecule has 0 saturated heterocycles. The van der Waals surface area contributed by atoms with Crippen molar-refractivity contribution in [3.05, 3.63) is 107 Å². The van der Waals surface area contributed by atoms with E-state index in [-0.39, 0.29) is 24.6 Å². The molecular weight excluding hydrogens is 642 g/mol. The summed E-state index contributed by atoms with van der Waals surface area (Å²) >= 11 is 0. The van der Waals surface area contributed by atoms with Crippen LogP contribution >= 0.6 is 0 Å². The van der Waals surface area contributed by atoms with Gasteiger partial charge in [-0.1, -0.05) is 88.9 Å². The van der Waals surface area contributed by atoms with Crippen molar-refractivity contribution in [2.24, 2.45) is 10.8 Å². The number of benzene rings is 3. The molecule has 51 heavy (non-hydrogen) atoms. The summed E-state index contributed by atoms with van der Waals surface area (Å²) < 4.78 is 12.0. The molecule has 4 aromatic rings. The average molecular weight is 702 g/mol. The lowest BCUT2D eigenvalue weighted by atomic mass is 9.91. The predicted octanol–water partition coefficient (Wildman–Crippen LogP) is 9.97. The van der Waals surface area contributed by atoms with Gasteiger partial charge in [-0.2, -0.15) is 0 Å². The molecule has 0 aliphatic rings. The van der Waals surface area contributed by atoms with Crippen LogP contribution in [-0.4, -0.2) is 40.8 Å². The molecular formula is C43H59NO7. The van der Waals surface area contributed by atoms with Gasteiger partial charge in [-0.15, -0.1) is 0 Å². The normalized spacial score (nSPS) is 11.4. The molecule has 0 amide bonds. The molecule has 0 radical (unpaired) electrons. The Hall–Kier alpha value is -4.72. The minimum atomic E-state index is -0.722. The Morgan fingerprint density at radius 3 is 1.59 bits per heavy atom. The fourth-order valence-electron chi connectivity index (χ4n) is 4.32. The molecule has 0 spiro atoms. The maximum atomic E-state index is 12.3. The number of carbonyl (C=O) groups excluding carboxylic acids is 2. The number of rotatable bonds is 11. The number of fused-ring (bicyclic) bond motifs is 2. The van der Waals surface area contributed by atoms with Crippen LogP contribution in [0.25, 0.3) is 21.8 Å². The quantitative estimate of drug-likeness (QED) is 0.0717. The summed E-state index contributed by atoms with van der Waals surface area (Å²) in [5.41, 5.74) is 2.90. The van der Waals surface area contributed by atoms with Crippen LogP contribution < -0.4 is 5.43 Å². The average Bonchev–Trinajstić information content (AvgIpc) is 3.14. The third-order valence-corrected chi connectivity index (χ3v) is 8.97. The standard InChI is InChI=1S/C15H13NO.C12H20O4.C10H14.C6H12O2/c1-2-16-13-9-5-3-7-11(13)15(17)12-8-4-6-10-14(12)16;1-6-12(4,5)11(14)16-8-7-15-10(13)9(2)3;1-3-9(2)10-7-5-4-6-8-10;1-4-6(2,3)5(7)8/h3-10H,2H2,1H3;2,6-8H2,1,3-5H3;4-9H,3H2,1-2H3;4H2,1-3H3,(H,7,8). The van der Waals surface area contributed by atoms with E-state index < -0.39 is 22.8 Å². The van der Waals surface area contributed by atoms with Crippen LogP contribution in [0.3, 0.4) is 0 Å². The number of carbonyl (C=O) groups is 3. The highest BCUT2D eigenvalue weighted by atomic mass is 16.6. The number of esters is 2. The lowest BCUT2D eigenvalue weighted by molar-refractivity contribution is -0.158. The Labute approximate surface area is 304 Å². The molecule has 1 atom stereocenters. The van der Waals surface area contributed by atoms with Gasteiger partial charge in [0.05, 0.1) is 21.9 Å². The molecule has 0 aliphatic carbocycles. The van der Waals surface area contributed by atoms with Gasteiger partial charge < -0.3 is 19.1 Å². The van der Waals surface area contributed by atoms with Crippen molar-refractivity contribution in [2.45, 2.75) is 101 Å². The van der Waals surface area contributed by atoms with E-state index in [0.29, 0.717) is 24.3 Å². The van der Waals surface area contributed by atoms with Crippen LogP contribution in [0, 0.1) is 10.8 Å². The number of nitrogens with zero attached hydrogens (tertiary/aromatic N) is 1. The van der Waals surface area contributed by atoms with E-state index >= 15 is 0 Å². The zero-order chi connectivity index (χ0) is 38.8. The summed E-state index contributed by atoms with van der Waals surface area (Å²) in [5, 5.41) is 10.0. The minimum absolute atomic E-state index is 0.0667. The zero-order valence-corrected chi connectivity index (χ0v) is 32.4. The van der Waals surface area contributed by atoms with Gasteiger partial charge in [-0.05, 0) is 96.6 Å². The summed E-state index contributed by atoms with van der Waals surface area (Å²) in [5.74, 6) is -0.756. The van der Waals surface area contributed by atoms with Crippen molar-refractivity contribution in [2.75, 3.05) is 13.2 Å². The highest BCUT2D eigenvalue weighted by molar-refractivity contribution is 5.93. The van der Waals surface area contributed by atoms with E-state index in [1.54, 1.807) is 20.8 Å². The van der Waals surface area contributed by atoms with E-state index in [1.165, 1.54) is 12.0 Å². The number of pyridine rings is 1. The van der Waals surface area contributed by atoms with Gasteiger partial charge in [0.25, 0.3) is 0 Å². The number of para-hydroxylation sites is 2. The van der Waals surface area contributed by atoms with Crippen LogP contribution in [0.2, 0.25) is 0 Å². The van der Waals surface area contributed by atoms with Crippen LogP contribution in [0.5, 0.6) is 0 Å². The van der Waals surface area contributed by atoms with Crippen molar-refractivity contribution in [1.29, 1.82) is 0 Å². The third-order valence-electron chi connectivity index (χ3n) is 8.97. The predicted molar refractivity (Wildman–Crippen MR) is 209 cm³/mol. The van der Waals surface area contributed by atoms with E-state index in [2.05, 4.69) is 62.2 Å². The second kappa shape index (κ2) is 21.5. The van der Waals surface area contributed by atoms with Crippen LogP contribution in [0.1, 0.15) is 100.0 Å². The molecule has 278 valence electrons. The molecule has 1 unspecified atom stereocenters. The van der Waals surface area contributed by atoms with Crippen molar-refractivity contribution in [3.8, 4) is 0 Å². The molecule has 0 aliphatic heterocycles. The number of carboxylic acid groups (broad SMARTS) is 1. The molecule has 8 heteroatoms. The first-order chi connectivity index (χ1) is 24.0. The summed E-state index contributed by atoms with van der Waals surface area (Å²) in [6.07, 6.45) is 2.61. The molecule has 0 fully saturated rings. The number of aromatic nitrogens is 1. The van der Waals surface area contributed by atoms with Gasteiger partial charge in [-0.25, -0.2) is 4.79 Å². The van der Waals surface area contributed by atoms with E-state index in [4.69, 9.17) is 14.6 Å². The molecule has 1 heterocycles. The molecule has 4 rings (SSSR count).